The average molecular weight is 471 g/mol. The Morgan fingerprint density at radius 3 is 2.91 bits per heavy atom. The number of rotatable bonds is 9. The molecule has 3 heterocycles. The number of imidazole rings is 1. The predicted octanol–water partition coefficient (Wildman–Crippen LogP) is 4.55. The van der Waals surface area contributed by atoms with Crippen molar-refractivity contribution < 1.29 is 14.3 Å². The first-order valence-corrected chi connectivity index (χ1v) is 11.3. The lowest BCUT2D eigenvalue weighted by atomic mass is 10.1. The molecule has 1 amide bonds. The lowest BCUT2D eigenvalue weighted by Gasteiger charge is -2.17. The number of nitrogens with two attached hydrogens (primary N) is 1. The van der Waals surface area contributed by atoms with E-state index in [-0.39, 0.29) is 0 Å². The highest BCUT2D eigenvalue weighted by Gasteiger charge is 2.21. The summed E-state index contributed by atoms with van der Waals surface area (Å²) in [6.45, 7) is 3.15. The Hall–Kier alpha value is -3.07. The number of thiophene rings is 1. The zero-order valence-electron chi connectivity index (χ0n) is 17.7. The van der Waals surface area contributed by atoms with Crippen molar-refractivity contribution in [2.45, 2.75) is 13.0 Å². The van der Waals surface area contributed by atoms with Crippen LogP contribution in [0.2, 0.25) is 5.02 Å². The summed E-state index contributed by atoms with van der Waals surface area (Å²) in [6, 6.07) is 13.1. The molecule has 0 aliphatic carbocycles. The van der Waals surface area contributed by atoms with Gasteiger partial charge in [0.2, 0.25) is 0 Å². The highest BCUT2D eigenvalue weighted by Crippen LogP contribution is 2.39. The van der Waals surface area contributed by atoms with Crippen molar-refractivity contribution in [1.29, 1.82) is 0 Å². The maximum atomic E-state index is 12.1. The van der Waals surface area contributed by atoms with Gasteiger partial charge in [0.25, 0.3) is 5.91 Å². The van der Waals surface area contributed by atoms with Crippen LogP contribution in [0.3, 0.4) is 0 Å². The molecule has 0 spiro atoms. The largest absolute Gasteiger partial charge is 0.492 e. The summed E-state index contributed by atoms with van der Waals surface area (Å²) in [5.74, 6) is 0.558. The number of primary amides is 1. The number of likely N-dealkylation sites (N-methyl/N-ethyl adjacent to an activating group) is 1. The van der Waals surface area contributed by atoms with Gasteiger partial charge >= 0.3 is 0 Å². The molecule has 32 heavy (non-hydrogen) atoms. The van der Waals surface area contributed by atoms with Crippen LogP contribution < -0.4 is 20.5 Å². The van der Waals surface area contributed by atoms with Gasteiger partial charge in [0.05, 0.1) is 21.8 Å². The zero-order chi connectivity index (χ0) is 22.7. The van der Waals surface area contributed by atoms with Gasteiger partial charge in [-0.2, -0.15) is 0 Å². The molecule has 0 saturated carbocycles. The number of fused-ring (bicyclic) bond motifs is 1. The lowest BCUT2D eigenvalue weighted by molar-refractivity contribution is 0.0998. The zero-order valence-corrected chi connectivity index (χ0v) is 19.2. The van der Waals surface area contributed by atoms with Gasteiger partial charge < -0.3 is 20.5 Å². The molecule has 166 valence electrons. The van der Waals surface area contributed by atoms with E-state index in [1.807, 2.05) is 61.0 Å². The van der Waals surface area contributed by atoms with Crippen molar-refractivity contribution in [2.24, 2.45) is 5.73 Å². The molecule has 1 atom stereocenters. The second-order valence-electron chi connectivity index (χ2n) is 7.14. The fourth-order valence-electron chi connectivity index (χ4n) is 3.33. The molecule has 0 aliphatic heterocycles. The molecule has 1 aromatic carbocycles. The molecule has 0 radical (unpaired) electrons. The topological polar surface area (TPSA) is 90.9 Å². The Morgan fingerprint density at radius 1 is 1.31 bits per heavy atom. The number of aromatic nitrogens is 2. The molecule has 3 N–H and O–H groups in total. The van der Waals surface area contributed by atoms with Gasteiger partial charge in [-0.15, -0.1) is 11.3 Å². The van der Waals surface area contributed by atoms with Crippen molar-refractivity contribution in [2.75, 3.05) is 20.2 Å². The second-order valence-corrected chi connectivity index (χ2v) is 8.60. The molecule has 7 nitrogen and oxygen atoms in total. The van der Waals surface area contributed by atoms with E-state index >= 15 is 0 Å². The van der Waals surface area contributed by atoms with Crippen molar-refractivity contribution in [3.8, 4) is 22.1 Å². The molecular formula is C23H23ClN4O3S. The molecule has 4 aromatic rings. The van der Waals surface area contributed by atoms with Crippen LogP contribution in [0.25, 0.3) is 16.2 Å². The quantitative estimate of drug-likeness (QED) is 0.350. The maximum absolute atomic E-state index is 12.1. The minimum Gasteiger partial charge on any atom is -0.492 e. The predicted molar refractivity (Wildman–Crippen MR) is 127 cm³/mol. The number of nitrogens with one attached hydrogen (secondary N) is 1. The van der Waals surface area contributed by atoms with Crippen LogP contribution in [0.4, 0.5) is 0 Å². The number of carbonyl (C=O) groups is 1. The standard InChI is InChI=1S/C23H23ClN4O3S/c1-14(16-7-6-15(11-17(16)24)30-10-8-26-2)31-19-12-20(32-22(19)23(25)29)18-13-27-21-5-3-4-9-28(18)21/h3-7,9,11-14,26H,8,10H2,1-2H3,(H2,25,29). The van der Waals surface area contributed by atoms with E-state index in [1.165, 1.54) is 11.3 Å². The van der Waals surface area contributed by atoms with Crippen molar-refractivity contribution in [3.63, 3.8) is 0 Å². The summed E-state index contributed by atoms with van der Waals surface area (Å²) in [5.41, 5.74) is 8.09. The molecule has 0 bridgehead atoms. The fraction of sp³-hybridized carbons (Fsp3) is 0.217. The van der Waals surface area contributed by atoms with E-state index in [2.05, 4.69) is 10.3 Å². The molecule has 0 fully saturated rings. The molecular weight excluding hydrogens is 448 g/mol. The van der Waals surface area contributed by atoms with Crippen LogP contribution in [0.5, 0.6) is 11.5 Å². The number of pyridine rings is 1. The summed E-state index contributed by atoms with van der Waals surface area (Å²) in [4.78, 5) is 17.7. The van der Waals surface area contributed by atoms with Gasteiger partial charge in [-0.1, -0.05) is 23.7 Å². The van der Waals surface area contributed by atoms with E-state index in [9.17, 15) is 4.79 Å². The highest BCUT2D eigenvalue weighted by molar-refractivity contribution is 7.17. The smallest absolute Gasteiger partial charge is 0.262 e. The van der Waals surface area contributed by atoms with Gasteiger partial charge in [0.1, 0.15) is 34.7 Å². The van der Waals surface area contributed by atoms with Crippen LogP contribution in [0.1, 0.15) is 28.3 Å². The molecule has 1 unspecified atom stereocenters. The van der Waals surface area contributed by atoms with Gasteiger partial charge in [-0.25, -0.2) is 4.98 Å². The third-order valence-electron chi connectivity index (χ3n) is 4.93. The second kappa shape index (κ2) is 9.60. The Labute approximate surface area is 194 Å². The van der Waals surface area contributed by atoms with Gasteiger partial charge in [-0.05, 0) is 38.2 Å². The number of ether oxygens (including phenoxy) is 2. The van der Waals surface area contributed by atoms with E-state index in [1.54, 1.807) is 12.3 Å². The minimum absolute atomic E-state index is 0.348. The van der Waals surface area contributed by atoms with Crippen molar-refractivity contribution >= 4 is 34.5 Å². The van der Waals surface area contributed by atoms with E-state index < -0.39 is 12.0 Å². The van der Waals surface area contributed by atoms with Gasteiger partial charge in [0.15, 0.2) is 0 Å². The number of halogens is 1. The van der Waals surface area contributed by atoms with Crippen molar-refractivity contribution in [3.05, 3.63) is 70.3 Å². The highest BCUT2D eigenvalue weighted by atomic mass is 35.5. The third kappa shape index (κ3) is 4.57. The summed E-state index contributed by atoms with van der Waals surface area (Å²) in [5, 5.41) is 3.55. The van der Waals surface area contributed by atoms with Gasteiger partial charge in [0, 0.05) is 24.4 Å². The first-order valence-electron chi connectivity index (χ1n) is 10.1. The SMILES string of the molecule is CNCCOc1ccc(C(C)Oc2cc(-c3cnc4ccccn34)sc2C(N)=O)c(Cl)c1. The summed E-state index contributed by atoms with van der Waals surface area (Å²) < 4.78 is 13.8. The number of hydrogen-bond donors (Lipinski definition) is 2. The molecule has 3 aromatic heterocycles. The fourth-order valence-corrected chi connectivity index (χ4v) is 4.60. The van der Waals surface area contributed by atoms with E-state index in [0.717, 1.165) is 28.3 Å². The van der Waals surface area contributed by atoms with E-state index in [0.29, 0.717) is 28.0 Å². The number of carbonyl (C=O) groups excluding carboxylic acids is 1. The summed E-state index contributed by atoms with van der Waals surface area (Å²) in [6.07, 6.45) is 3.28. The van der Waals surface area contributed by atoms with Crippen LogP contribution in [0.15, 0.2) is 54.9 Å². The monoisotopic (exact) mass is 470 g/mol. The molecule has 0 saturated heterocycles. The number of nitrogens with zero attached hydrogens (tertiary/aromatic N) is 2. The third-order valence-corrected chi connectivity index (χ3v) is 6.41. The van der Waals surface area contributed by atoms with Crippen LogP contribution in [-0.2, 0) is 0 Å². The van der Waals surface area contributed by atoms with Crippen molar-refractivity contribution in [1.82, 2.24) is 14.7 Å². The number of hydrogen-bond acceptors (Lipinski definition) is 6. The molecule has 0 aliphatic rings. The Bertz CT molecular complexity index is 1250. The van der Waals surface area contributed by atoms with E-state index in [4.69, 9.17) is 26.8 Å². The summed E-state index contributed by atoms with van der Waals surface area (Å²) >= 11 is 7.76. The summed E-state index contributed by atoms with van der Waals surface area (Å²) in [7, 11) is 1.87. The number of amides is 1. The molecule has 4 rings (SSSR count). The van der Waals surface area contributed by atoms with Gasteiger partial charge in [-0.3, -0.25) is 9.20 Å². The first kappa shape index (κ1) is 22.1. The average Bonchev–Trinajstić information content (AvgIpc) is 3.38. The lowest BCUT2D eigenvalue weighted by Crippen LogP contribution is -2.16. The number of benzene rings is 1. The minimum atomic E-state index is -0.545. The van der Waals surface area contributed by atoms with Crippen LogP contribution >= 0.6 is 22.9 Å². The van der Waals surface area contributed by atoms with Crippen LogP contribution in [0, 0.1) is 0 Å². The first-order chi connectivity index (χ1) is 15.5. The normalized spacial score (nSPS) is 12.1. The Balaban J connectivity index is 1.59. The Kier molecular flexibility index (Phi) is 6.64. The van der Waals surface area contributed by atoms with Crippen LogP contribution in [-0.4, -0.2) is 35.5 Å². The molecule has 9 heteroatoms. The Morgan fingerprint density at radius 2 is 2.16 bits per heavy atom. The maximum Gasteiger partial charge on any atom is 0.262 e.